The number of likely N-dealkylation sites (tertiary alicyclic amines) is 1. The molecule has 3 heteroatoms. The van der Waals surface area contributed by atoms with E-state index in [0.717, 1.165) is 19.6 Å². The summed E-state index contributed by atoms with van der Waals surface area (Å²) in [7, 11) is 0. The first kappa shape index (κ1) is 9.00. The minimum Gasteiger partial charge on any atom is -0.481 e. The molecule has 0 atom stereocenters. The van der Waals surface area contributed by atoms with Crippen LogP contribution in [-0.2, 0) is 4.79 Å². The van der Waals surface area contributed by atoms with Gasteiger partial charge in [-0.05, 0) is 31.2 Å². The molecule has 1 heterocycles. The highest BCUT2D eigenvalue weighted by Gasteiger charge is 2.42. The fourth-order valence-electron chi connectivity index (χ4n) is 2.56. The molecular weight excluding hydrogens is 166 g/mol. The Hall–Kier alpha value is -0.570. The molecule has 1 spiro atoms. The molecule has 0 aromatic heterocycles. The first-order chi connectivity index (χ1) is 6.20. The molecule has 13 heavy (non-hydrogen) atoms. The zero-order valence-electron chi connectivity index (χ0n) is 7.96. The van der Waals surface area contributed by atoms with Crippen LogP contribution < -0.4 is 0 Å². The van der Waals surface area contributed by atoms with Gasteiger partial charge in [0.15, 0.2) is 0 Å². The van der Waals surface area contributed by atoms with Crippen molar-refractivity contribution in [3.8, 4) is 0 Å². The number of carboxylic acid groups (broad SMARTS) is 1. The van der Waals surface area contributed by atoms with Gasteiger partial charge in [0.1, 0.15) is 0 Å². The van der Waals surface area contributed by atoms with Gasteiger partial charge in [-0.15, -0.1) is 0 Å². The van der Waals surface area contributed by atoms with E-state index in [-0.39, 0.29) is 0 Å². The van der Waals surface area contributed by atoms with Gasteiger partial charge >= 0.3 is 5.97 Å². The van der Waals surface area contributed by atoms with Crippen molar-refractivity contribution in [3.63, 3.8) is 0 Å². The largest absolute Gasteiger partial charge is 0.481 e. The molecule has 1 aliphatic carbocycles. The van der Waals surface area contributed by atoms with Crippen LogP contribution in [0.5, 0.6) is 0 Å². The lowest BCUT2D eigenvalue weighted by atomic mass is 9.68. The van der Waals surface area contributed by atoms with Crippen LogP contribution in [-0.4, -0.2) is 35.6 Å². The van der Waals surface area contributed by atoms with Gasteiger partial charge in [0.25, 0.3) is 0 Å². The highest BCUT2D eigenvalue weighted by Crippen LogP contribution is 2.47. The second-order valence-corrected chi connectivity index (χ2v) is 4.52. The Morgan fingerprint density at radius 3 is 2.62 bits per heavy atom. The van der Waals surface area contributed by atoms with E-state index in [9.17, 15) is 4.79 Å². The van der Waals surface area contributed by atoms with Gasteiger partial charge < -0.3 is 10.0 Å². The van der Waals surface area contributed by atoms with Crippen LogP contribution in [0.15, 0.2) is 0 Å². The highest BCUT2D eigenvalue weighted by atomic mass is 16.4. The molecule has 3 nitrogen and oxygen atoms in total. The summed E-state index contributed by atoms with van der Waals surface area (Å²) >= 11 is 0. The summed E-state index contributed by atoms with van der Waals surface area (Å²) in [5.74, 6) is -0.672. The van der Waals surface area contributed by atoms with Gasteiger partial charge in [0.05, 0.1) is 6.42 Å². The Labute approximate surface area is 78.7 Å². The summed E-state index contributed by atoms with van der Waals surface area (Å²) in [5, 5.41) is 8.55. The Morgan fingerprint density at radius 2 is 2.15 bits per heavy atom. The van der Waals surface area contributed by atoms with Crippen molar-refractivity contribution >= 4 is 5.97 Å². The third-order valence-corrected chi connectivity index (χ3v) is 3.57. The van der Waals surface area contributed by atoms with Crippen LogP contribution >= 0.6 is 0 Å². The molecule has 0 aromatic carbocycles. The van der Waals surface area contributed by atoms with E-state index in [0.29, 0.717) is 11.8 Å². The summed E-state index contributed by atoms with van der Waals surface area (Å²) in [6.07, 6.45) is 5.72. The molecule has 2 fully saturated rings. The van der Waals surface area contributed by atoms with Gasteiger partial charge in [-0.2, -0.15) is 0 Å². The molecule has 0 aromatic rings. The lowest BCUT2D eigenvalue weighted by Gasteiger charge is -2.38. The summed E-state index contributed by atoms with van der Waals surface area (Å²) in [6, 6.07) is 0. The molecule has 0 unspecified atom stereocenters. The summed E-state index contributed by atoms with van der Waals surface area (Å²) in [5.41, 5.74) is 0.610. The summed E-state index contributed by atoms with van der Waals surface area (Å²) < 4.78 is 0. The molecule has 2 aliphatic rings. The number of aliphatic carboxylic acids is 1. The molecule has 0 amide bonds. The van der Waals surface area contributed by atoms with E-state index in [1.54, 1.807) is 0 Å². The van der Waals surface area contributed by atoms with Crippen molar-refractivity contribution in [2.75, 3.05) is 19.6 Å². The van der Waals surface area contributed by atoms with E-state index >= 15 is 0 Å². The van der Waals surface area contributed by atoms with Crippen molar-refractivity contribution in [1.29, 1.82) is 0 Å². The van der Waals surface area contributed by atoms with Crippen LogP contribution in [0.2, 0.25) is 0 Å². The summed E-state index contributed by atoms with van der Waals surface area (Å²) in [4.78, 5) is 12.7. The van der Waals surface area contributed by atoms with Crippen molar-refractivity contribution in [3.05, 3.63) is 0 Å². The normalized spacial score (nSPS) is 26.2. The number of carboxylic acids is 1. The maximum atomic E-state index is 10.4. The van der Waals surface area contributed by atoms with Crippen LogP contribution in [0.1, 0.15) is 32.1 Å². The van der Waals surface area contributed by atoms with E-state index in [1.165, 1.54) is 25.7 Å². The van der Waals surface area contributed by atoms with Gasteiger partial charge in [0.2, 0.25) is 0 Å². The van der Waals surface area contributed by atoms with Gasteiger partial charge in [-0.1, -0.05) is 6.42 Å². The minimum atomic E-state index is -0.672. The predicted molar refractivity (Wildman–Crippen MR) is 49.6 cm³/mol. The summed E-state index contributed by atoms with van der Waals surface area (Å²) in [6.45, 7) is 3.02. The zero-order valence-corrected chi connectivity index (χ0v) is 7.96. The second-order valence-electron chi connectivity index (χ2n) is 4.52. The average molecular weight is 183 g/mol. The molecule has 0 bridgehead atoms. The van der Waals surface area contributed by atoms with Crippen molar-refractivity contribution < 1.29 is 9.90 Å². The van der Waals surface area contributed by atoms with Gasteiger partial charge in [-0.3, -0.25) is 4.79 Å². The average Bonchev–Trinajstić information content (AvgIpc) is 2.43. The third kappa shape index (κ3) is 1.85. The molecule has 1 saturated carbocycles. The monoisotopic (exact) mass is 183 g/mol. The van der Waals surface area contributed by atoms with Crippen molar-refractivity contribution in [2.45, 2.75) is 32.1 Å². The zero-order chi connectivity index (χ0) is 9.31. The highest BCUT2D eigenvalue weighted by molar-refractivity contribution is 5.66. The first-order valence-electron chi connectivity index (χ1n) is 5.14. The van der Waals surface area contributed by atoms with Crippen molar-refractivity contribution in [1.82, 2.24) is 4.90 Å². The molecule has 1 N–H and O–H groups in total. The fraction of sp³-hybridized carbons (Fsp3) is 0.900. The molecule has 74 valence electrons. The van der Waals surface area contributed by atoms with E-state index in [4.69, 9.17) is 5.11 Å². The van der Waals surface area contributed by atoms with E-state index in [2.05, 4.69) is 4.90 Å². The molecule has 1 saturated heterocycles. The van der Waals surface area contributed by atoms with Crippen LogP contribution in [0.3, 0.4) is 0 Å². The second kappa shape index (κ2) is 3.29. The minimum absolute atomic E-state index is 0.302. The van der Waals surface area contributed by atoms with Crippen LogP contribution in [0.4, 0.5) is 0 Å². The SMILES string of the molecule is O=C(O)CCN1CCC2(CCC2)C1. The quantitative estimate of drug-likeness (QED) is 0.717. The van der Waals surface area contributed by atoms with E-state index < -0.39 is 5.97 Å². The van der Waals surface area contributed by atoms with Crippen molar-refractivity contribution in [2.24, 2.45) is 5.41 Å². The van der Waals surface area contributed by atoms with Gasteiger partial charge in [-0.25, -0.2) is 0 Å². The number of nitrogens with zero attached hydrogens (tertiary/aromatic N) is 1. The maximum Gasteiger partial charge on any atom is 0.304 e. The fourth-order valence-corrected chi connectivity index (χ4v) is 2.56. The molecular formula is C10H17NO2. The number of hydrogen-bond donors (Lipinski definition) is 1. The lowest BCUT2D eigenvalue weighted by Crippen LogP contribution is -2.33. The Kier molecular flexibility index (Phi) is 2.28. The molecule has 1 aliphatic heterocycles. The number of rotatable bonds is 3. The Bertz CT molecular complexity index is 211. The topological polar surface area (TPSA) is 40.5 Å². The van der Waals surface area contributed by atoms with E-state index in [1.807, 2.05) is 0 Å². The predicted octanol–water partition coefficient (Wildman–Crippen LogP) is 1.34. The van der Waals surface area contributed by atoms with Crippen LogP contribution in [0, 0.1) is 5.41 Å². The Balaban J connectivity index is 1.75. The van der Waals surface area contributed by atoms with Gasteiger partial charge in [0, 0.05) is 13.1 Å². The maximum absolute atomic E-state index is 10.4. The standard InChI is InChI=1S/C10H17NO2/c12-9(13)2-6-11-7-5-10(8-11)3-1-4-10/h1-8H2,(H,12,13). The Morgan fingerprint density at radius 1 is 1.38 bits per heavy atom. The van der Waals surface area contributed by atoms with Crippen LogP contribution in [0.25, 0.3) is 0 Å². The number of carbonyl (C=O) groups is 1. The third-order valence-electron chi connectivity index (χ3n) is 3.57. The molecule has 2 rings (SSSR count). The smallest absolute Gasteiger partial charge is 0.304 e. The lowest BCUT2D eigenvalue weighted by molar-refractivity contribution is -0.137. The molecule has 0 radical (unpaired) electrons. The first-order valence-corrected chi connectivity index (χ1v) is 5.14. The number of hydrogen-bond acceptors (Lipinski definition) is 2.